The first-order valence-electron chi connectivity index (χ1n) is 9.97. The van der Waals surface area contributed by atoms with Crippen molar-refractivity contribution in [3.05, 3.63) is 77.7 Å². The summed E-state index contributed by atoms with van der Waals surface area (Å²) in [6.07, 6.45) is 2.05. The predicted molar refractivity (Wildman–Crippen MR) is 108 cm³/mol. The molecule has 2 aromatic carbocycles. The van der Waals surface area contributed by atoms with Crippen LogP contribution in [-0.4, -0.2) is 34.2 Å². The van der Waals surface area contributed by atoms with E-state index < -0.39 is 5.82 Å². The highest BCUT2D eigenvalue weighted by molar-refractivity contribution is 5.89. The number of aromatic nitrogens is 2. The summed E-state index contributed by atoms with van der Waals surface area (Å²) in [6.45, 7) is 1.54. The summed E-state index contributed by atoms with van der Waals surface area (Å²) < 4.78 is 24.9. The van der Waals surface area contributed by atoms with E-state index in [1.54, 1.807) is 17.0 Å². The van der Waals surface area contributed by atoms with Gasteiger partial charge in [0.25, 0.3) is 0 Å². The van der Waals surface area contributed by atoms with E-state index in [2.05, 4.69) is 15.5 Å². The molecule has 1 atom stereocenters. The van der Waals surface area contributed by atoms with Gasteiger partial charge in [-0.05, 0) is 30.5 Å². The zero-order valence-electron chi connectivity index (χ0n) is 16.5. The third-order valence-corrected chi connectivity index (χ3v) is 4.98. The summed E-state index contributed by atoms with van der Waals surface area (Å²) in [5.41, 5.74) is 1.25. The highest BCUT2D eigenvalue weighted by Gasteiger charge is 2.34. The van der Waals surface area contributed by atoms with Gasteiger partial charge in [-0.2, -0.15) is 4.98 Å². The summed E-state index contributed by atoms with van der Waals surface area (Å²) in [5.74, 6) is 0.464. The van der Waals surface area contributed by atoms with Crippen molar-refractivity contribution in [1.82, 2.24) is 15.0 Å². The zero-order chi connectivity index (χ0) is 20.8. The number of hydrogen-bond donors (Lipinski definition) is 1. The number of rotatable bonds is 7. The maximum atomic E-state index is 13.8. The van der Waals surface area contributed by atoms with E-state index in [4.69, 9.17) is 9.26 Å². The van der Waals surface area contributed by atoms with Crippen molar-refractivity contribution in [1.29, 1.82) is 0 Å². The maximum Gasteiger partial charge on any atom is 0.322 e. The Labute approximate surface area is 173 Å². The Balaban J connectivity index is 1.31. The molecule has 8 heteroatoms. The van der Waals surface area contributed by atoms with Crippen LogP contribution in [0.2, 0.25) is 0 Å². The Morgan fingerprint density at radius 3 is 2.83 bits per heavy atom. The van der Waals surface area contributed by atoms with Crippen molar-refractivity contribution in [2.24, 2.45) is 0 Å². The van der Waals surface area contributed by atoms with Crippen molar-refractivity contribution >= 4 is 11.7 Å². The lowest BCUT2D eigenvalue weighted by atomic mass is 10.2. The summed E-state index contributed by atoms with van der Waals surface area (Å²) >= 11 is 0. The zero-order valence-corrected chi connectivity index (χ0v) is 16.5. The van der Waals surface area contributed by atoms with E-state index >= 15 is 0 Å². The van der Waals surface area contributed by atoms with Crippen molar-refractivity contribution in [3.63, 3.8) is 0 Å². The average Bonchev–Trinajstić information content (AvgIpc) is 3.43. The Kier molecular flexibility index (Phi) is 6.34. The fraction of sp³-hybridized carbons (Fsp3) is 0.318. The largest absolute Gasteiger partial charge is 0.376 e. The molecule has 1 unspecified atom stereocenters. The molecule has 7 nitrogen and oxygen atoms in total. The van der Waals surface area contributed by atoms with Crippen LogP contribution in [-0.2, 0) is 17.8 Å². The third kappa shape index (κ3) is 4.83. The first-order chi connectivity index (χ1) is 14.7. The highest BCUT2D eigenvalue weighted by Crippen LogP contribution is 2.31. The van der Waals surface area contributed by atoms with Crippen LogP contribution in [0.4, 0.5) is 14.9 Å². The molecule has 3 aromatic rings. The van der Waals surface area contributed by atoms with Gasteiger partial charge >= 0.3 is 6.03 Å². The van der Waals surface area contributed by atoms with Crippen LogP contribution in [0.3, 0.4) is 0 Å². The number of likely N-dealkylation sites (tertiary alicyclic amines) is 1. The predicted octanol–water partition coefficient (Wildman–Crippen LogP) is 4.34. The van der Waals surface area contributed by atoms with Gasteiger partial charge in [0, 0.05) is 13.0 Å². The number of ether oxygens (including phenoxy) is 1. The lowest BCUT2D eigenvalue weighted by molar-refractivity contribution is 0.122. The maximum absolute atomic E-state index is 13.8. The summed E-state index contributed by atoms with van der Waals surface area (Å²) in [5, 5.41) is 6.63. The minimum Gasteiger partial charge on any atom is -0.376 e. The number of carbonyl (C=O) groups is 1. The van der Waals surface area contributed by atoms with Gasteiger partial charge in [0.2, 0.25) is 5.89 Å². The van der Waals surface area contributed by atoms with Crippen LogP contribution >= 0.6 is 0 Å². The molecule has 2 heterocycles. The second-order valence-corrected chi connectivity index (χ2v) is 7.10. The molecule has 1 N–H and O–H groups in total. The van der Waals surface area contributed by atoms with Gasteiger partial charge in [0.1, 0.15) is 11.9 Å². The smallest absolute Gasteiger partial charge is 0.322 e. The molecule has 1 saturated heterocycles. The Morgan fingerprint density at radius 2 is 2.00 bits per heavy atom. The van der Waals surface area contributed by atoms with E-state index in [0.29, 0.717) is 37.9 Å². The number of benzene rings is 2. The van der Waals surface area contributed by atoms with Gasteiger partial charge in [-0.3, -0.25) is 0 Å². The lowest BCUT2D eigenvalue weighted by Gasteiger charge is -2.22. The second kappa shape index (κ2) is 9.49. The SMILES string of the molecule is O=C(Nc1ccccc1F)N1CCCC1c1nc(CCOCc2ccccc2)no1. The van der Waals surface area contributed by atoms with Crippen LogP contribution in [0, 0.1) is 5.82 Å². The molecule has 2 amide bonds. The summed E-state index contributed by atoms with van der Waals surface area (Å²) in [7, 11) is 0. The monoisotopic (exact) mass is 410 g/mol. The first kappa shape index (κ1) is 20.0. The normalized spacial score (nSPS) is 16.0. The van der Waals surface area contributed by atoms with Crippen LogP contribution in [0.25, 0.3) is 0 Å². The fourth-order valence-electron chi connectivity index (χ4n) is 3.45. The molecule has 0 aliphatic carbocycles. The number of anilines is 1. The van der Waals surface area contributed by atoms with E-state index in [1.165, 1.54) is 12.1 Å². The number of halogens is 1. The fourth-order valence-corrected chi connectivity index (χ4v) is 3.45. The molecule has 1 aliphatic heterocycles. The molecular weight excluding hydrogens is 387 g/mol. The van der Waals surface area contributed by atoms with Crippen LogP contribution in [0.15, 0.2) is 59.1 Å². The summed E-state index contributed by atoms with van der Waals surface area (Å²) in [6, 6.07) is 15.3. The van der Waals surface area contributed by atoms with Gasteiger partial charge in [-0.1, -0.05) is 47.6 Å². The van der Waals surface area contributed by atoms with Crippen LogP contribution in [0.1, 0.15) is 36.2 Å². The van der Waals surface area contributed by atoms with Gasteiger partial charge in [-0.15, -0.1) is 0 Å². The Morgan fingerprint density at radius 1 is 1.20 bits per heavy atom. The molecule has 1 aliphatic rings. The number of nitrogens with one attached hydrogen (secondary N) is 1. The summed E-state index contributed by atoms with van der Waals surface area (Å²) in [4.78, 5) is 18.7. The molecule has 4 rings (SSSR count). The molecule has 0 radical (unpaired) electrons. The van der Waals surface area contributed by atoms with Gasteiger partial charge in [0.05, 0.1) is 18.9 Å². The van der Waals surface area contributed by atoms with E-state index in [0.717, 1.165) is 18.4 Å². The van der Waals surface area contributed by atoms with Crippen LogP contribution in [0.5, 0.6) is 0 Å². The number of para-hydroxylation sites is 1. The molecule has 0 bridgehead atoms. The van der Waals surface area contributed by atoms with E-state index in [1.807, 2.05) is 30.3 Å². The molecular formula is C22H23FN4O3. The highest BCUT2D eigenvalue weighted by atomic mass is 19.1. The number of amides is 2. The number of hydrogen-bond acceptors (Lipinski definition) is 5. The molecule has 30 heavy (non-hydrogen) atoms. The van der Waals surface area contributed by atoms with Gasteiger partial charge in [0.15, 0.2) is 5.82 Å². The van der Waals surface area contributed by atoms with E-state index in [-0.39, 0.29) is 17.8 Å². The first-order valence-corrected chi connectivity index (χ1v) is 9.97. The molecule has 1 fully saturated rings. The average molecular weight is 410 g/mol. The number of urea groups is 1. The topological polar surface area (TPSA) is 80.5 Å². The lowest BCUT2D eigenvalue weighted by Crippen LogP contribution is -2.34. The minimum absolute atomic E-state index is 0.148. The van der Waals surface area contributed by atoms with Gasteiger partial charge in [-0.25, -0.2) is 9.18 Å². The van der Waals surface area contributed by atoms with Crippen molar-refractivity contribution in [3.8, 4) is 0 Å². The number of nitrogens with zero attached hydrogens (tertiary/aromatic N) is 3. The molecule has 1 aromatic heterocycles. The molecule has 0 spiro atoms. The Hall–Kier alpha value is -3.26. The standard InChI is InChI=1S/C22H23FN4O3/c23-17-9-4-5-10-18(17)24-22(28)27-13-6-11-19(27)21-25-20(26-30-21)12-14-29-15-16-7-2-1-3-8-16/h1-5,7-10,19H,6,11-15H2,(H,24,28). The van der Waals surface area contributed by atoms with Crippen molar-refractivity contribution in [2.45, 2.75) is 31.9 Å². The van der Waals surface area contributed by atoms with Crippen LogP contribution < -0.4 is 5.32 Å². The Bertz CT molecular complexity index is 979. The van der Waals surface area contributed by atoms with Gasteiger partial charge < -0.3 is 19.5 Å². The second-order valence-electron chi connectivity index (χ2n) is 7.10. The molecule has 156 valence electrons. The molecule has 0 saturated carbocycles. The van der Waals surface area contributed by atoms with Crippen molar-refractivity contribution in [2.75, 3.05) is 18.5 Å². The van der Waals surface area contributed by atoms with Crippen molar-refractivity contribution < 1.29 is 18.4 Å². The third-order valence-electron chi connectivity index (χ3n) is 4.98. The number of carbonyl (C=O) groups excluding carboxylic acids is 1. The quantitative estimate of drug-likeness (QED) is 0.586. The van der Waals surface area contributed by atoms with E-state index in [9.17, 15) is 9.18 Å². The minimum atomic E-state index is -0.475.